The van der Waals surface area contributed by atoms with Crippen LogP contribution in [0.2, 0.25) is 0 Å². The Bertz CT molecular complexity index is 144. The van der Waals surface area contributed by atoms with Crippen molar-refractivity contribution >= 4 is 14.3 Å². The molecule has 1 unspecified atom stereocenters. The molecular weight excluding hydrogens is 178 g/mol. The Balaban J connectivity index is 0. The van der Waals surface area contributed by atoms with E-state index in [9.17, 15) is 9.13 Å². The highest BCUT2D eigenvalue weighted by molar-refractivity contribution is 8.28. The molecule has 7 heteroatoms. The van der Waals surface area contributed by atoms with Crippen molar-refractivity contribution in [1.29, 1.82) is 0 Å². The summed E-state index contributed by atoms with van der Waals surface area (Å²) in [7, 11) is -8.92. The molecule has 10 heavy (non-hydrogen) atoms. The molecule has 0 fully saturated rings. The number of hydrogen-bond acceptors (Lipinski definition) is 2. The second kappa shape index (κ2) is 4.27. The van der Waals surface area contributed by atoms with E-state index in [0.717, 1.165) is 0 Å². The van der Waals surface area contributed by atoms with Crippen molar-refractivity contribution in [3.63, 3.8) is 0 Å². The molecule has 0 aliphatic carbocycles. The zero-order chi connectivity index (χ0) is 9.00. The fraction of sp³-hybridized carbons (Fsp3) is 1.00. The van der Waals surface area contributed by atoms with Crippen molar-refractivity contribution in [2.75, 3.05) is 6.66 Å². The third-order valence-corrected chi connectivity index (χ3v) is 4.35. The number of rotatable bonds is 1. The van der Waals surface area contributed by atoms with E-state index in [1.807, 2.05) is 13.8 Å². The molecule has 0 radical (unpaired) electrons. The molecule has 0 heterocycles. The first-order chi connectivity index (χ1) is 4.25. The summed E-state index contributed by atoms with van der Waals surface area (Å²) in [6, 6.07) is 0. The van der Waals surface area contributed by atoms with E-state index in [4.69, 9.17) is 14.7 Å². The van der Waals surface area contributed by atoms with Crippen molar-refractivity contribution in [2.24, 2.45) is 0 Å². The van der Waals surface area contributed by atoms with Crippen LogP contribution in [0.15, 0.2) is 0 Å². The van der Waals surface area contributed by atoms with E-state index in [1.54, 1.807) is 0 Å². The predicted molar refractivity (Wildman–Crippen MR) is 39.1 cm³/mol. The van der Waals surface area contributed by atoms with Crippen LogP contribution in [0.25, 0.3) is 0 Å². The molecule has 3 N–H and O–H groups in total. The second-order valence-corrected chi connectivity index (χ2v) is 7.84. The lowest BCUT2D eigenvalue weighted by Crippen LogP contribution is -1.77. The van der Waals surface area contributed by atoms with E-state index in [-0.39, 0.29) is 0 Å². The lowest BCUT2D eigenvalue weighted by molar-refractivity contribution is 0.378. The van der Waals surface area contributed by atoms with Crippen LogP contribution in [0.4, 0.5) is 0 Å². The first-order valence-corrected chi connectivity index (χ1v) is 7.04. The molecule has 0 rings (SSSR count). The summed E-state index contributed by atoms with van der Waals surface area (Å²) in [4.78, 5) is 24.1. The van der Waals surface area contributed by atoms with Gasteiger partial charge in [0.05, 0.1) is 0 Å². The van der Waals surface area contributed by atoms with Crippen LogP contribution < -0.4 is 0 Å². The van der Waals surface area contributed by atoms with Gasteiger partial charge in [0.15, 0.2) is 0 Å². The standard InChI is InChI=1S/C2H6.CH6O5P2/c1-2;1-7(2,3)8(4,5)6/h1-2H3;1H3,(H,2,3)(H2,4,5,6). The van der Waals surface area contributed by atoms with Gasteiger partial charge < -0.3 is 14.7 Å². The summed E-state index contributed by atoms with van der Waals surface area (Å²) in [5.74, 6) is 0. The molecule has 0 amide bonds. The lowest BCUT2D eigenvalue weighted by atomic mass is 11.0. The minimum atomic E-state index is -4.74. The Morgan fingerprint density at radius 2 is 1.10 bits per heavy atom. The average Bonchev–Trinajstić information content (AvgIpc) is 1.66. The van der Waals surface area contributed by atoms with Gasteiger partial charge in [-0.05, 0) is 0 Å². The topological polar surface area (TPSA) is 94.8 Å². The summed E-state index contributed by atoms with van der Waals surface area (Å²) < 4.78 is 19.9. The van der Waals surface area contributed by atoms with Crippen LogP contribution in [-0.4, -0.2) is 21.3 Å². The Morgan fingerprint density at radius 3 is 1.10 bits per heavy atom. The predicted octanol–water partition coefficient (Wildman–Crippen LogP) is 1.01. The van der Waals surface area contributed by atoms with Crippen LogP contribution in [0.1, 0.15) is 13.8 Å². The number of hydrogen-bond donors (Lipinski definition) is 3. The fourth-order valence-electron chi connectivity index (χ4n) is 0. The van der Waals surface area contributed by atoms with Gasteiger partial charge in [-0.25, -0.2) is 4.57 Å². The van der Waals surface area contributed by atoms with Gasteiger partial charge in [0.25, 0.3) is 0 Å². The zero-order valence-corrected chi connectivity index (χ0v) is 7.84. The molecule has 0 aromatic rings. The third kappa shape index (κ3) is 5.15. The van der Waals surface area contributed by atoms with E-state index < -0.39 is 14.3 Å². The van der Waals surface area contributed by atoms with Crippen molar-refractivity contribution in [3.8, 4) is 0 Å². The molecule has 0 aliphatic heterocycles. The highest BCUT2D eigenvalue weighted by Crippen LogP contribution is 2.71. The first kappa shape index (κ1) is 13.0. The average molecular weight is 190 g/mol. The summed E-state index contributed by atoms with van der Waals surface area (Å²) >= 11 is 0. The van der Waals surface area contributed by atoms with Gasteiger partial charge in [-0.1, -0.05) is 13.8 Å². The molecule has 0 aromatic heterocycles. The van der Waals surface area contributed by atoms with E-state index >= 15 is 0 Å². The third-order valence-electron chi connectivity index (χ3n) is 0.483. The van der Waals surface area contributed by atoms with Gasteiger partial charge in [0.2, 0.25) is 0 Å². The molecule has 5 nitrogen and oxygen atoms in total. The van der Waals surface area contributed by atoms with Crippen LogP contribution >= 0.6 is 14.3 Å². The molecule has 0 spiro atoms. The lowest BCUT2D eigenvalue weighted by Gasteiger charge is -2.04. The van der Waals surface area contributed by atoms with Gasteiger partial charge in [-0.2, -0.15) is 0 Å². The second-order valence-electron chi connectivity index (χ2n) is 1.35. The Labute approximate surface area is 59.6 Å². The van der Waals surface area contributed by atoms with Crippen LogP contribution in [0, 0.1) is 0 Å². The smallest absolute Gasteiger partial charge is 0.336 e. The van der Waals surface area contributed by atoms with Crippen LogP contribution in [0.5, 0.6) is 0 Å². The van der Waals surface area contributed by atoms with Crippen molar-refractivity contribution in [1.82, 2.24) is 0 Å². The fourth-order valence-corrected chi connectivity index (χ4v) is 0. The maximum absolute atomic E-state index is 10.0. The van der Waals surface area contributed by atoms with Gasteiger partial charge in [-0.15, -0.1) is 0 Å². The quantitative estimate of drug-likeness (QED) is 0.536. The highest BCUT2D eigenvalue weighted by atomic mass is 32.1. The molecule has 0 bridgehead atoms. The Kier molecular flexibility index (Phi) is 5.53. The van der Waals surface area contributed by atoms with Gasteiger partial charge in [0, 0.05) is 6.66 Å². The van der Waals surface area contributed by atoms with Crippen molar-refractivity contribution < 1.29 is 23.8 Å². The van der Waals surface area contributed by atoms with Crippen molar-refractivity contribution in [3.05, 3.63) is 0 Å². The van der Waals surface area contributed by atoms with Gasteiger partial charge in [-0.3, -0.25) is 4.57 Å². The molecule has 64 valence electrons. The van der Waals surface area contributed by atoms with E-state index in [2.05, 4.69) is 0 Å². The Morgan fingerprint density at radius 1 is 1.00 bits per heavy atom. The van der Waals surface area contributed by atoms with E-state index in [1.165, 1.54) is 0 Å². The zero-order valence-electron chi connectivity index (χ0n) is 6.05. The minimum Gasteiger partial charge on any atom is -0.336 e. The largest absolute Gasteiger partial charge is 0.407 e. The monoisotopic (exact) mass is 190 g/mol. The van der Waals surface area contributed by atoms with Gasteiger partial charge in [0.1, 0.15) is 0 Å². The van der Waals surface area contributed by atoms with Gasteiger partial charge >= 0.3 is 14.3 Å². The summed E-state index contributed by atoms with van der Waals surface area (Å²) in [5.41, 5.74) is 0. The Hall–Kier alpha value is 0.340. The molecule has 0 aromatic carbocycles. The van der Waals surface area contributed by atoms with Crippen LogP contribution in [0.3, 0.4) is 0 Å². The summed E-state index contributed by atoms with van der Waals surface area (Å²) in [6.45, 7) is 4.62. The van der Waals surface area contributed by atoms with E-state index in [0.29, 0.717) is 6.66 Å². The summed E-state index contributed by atoms with van der Waals surface area (Å²) in [5, 5.41) is 0. The maximum Gasteiger partial charge on any atom is 0.407 e. The molecule has 0 saturated heterocycles. The molecule has 0 saturated carbocycles. The van der Waals surface area contributed by atoms with Crippen LogP contribution in [-0.2, 0) is 9.13 Å². The minimum absolute atomic E-state index is 0.619. The molecular formula is C3H12O5P2. The first-order valence-electron chi connectivity index (χ1n) is 2.61. The SMILES string of the molecule is CC.CP(=O)(O)P(=O)(O)O. The summed E-state index contributed by atoms with van der Waals surface area (Å²) in [6.07, 6.45) is 0. The highest BCUT2D eigenvalue weighted by Gasteiger charge is 2.33. The molecule has 1 atom stereocenters. The van der Waals surface area contributed by atoms with Crippen molar-refractivity contribution in [2.45, 2.75) is 13.8 Å². The molecule has 0 aliphatic rings. The normalized spacial score (nSPS) is 16.6. The maximum atomic E-state index is 10.0.